The van der Waals surface area contributed by atoms with Gasteiger partial charge < -0.3 is 10.1 Å². The highest BCUT2D eigenvalue weighted by atomic mass is 79.9. The smallest absolute Gasteiger partial charge is 0.129 e. The van der Waals surface area contributed by atoms with E-state index in [0.29, 0.717) is 5.92 Å². The van der Waals surface area contributed by atoms with Crippen molar-refractivity contribution in [1.82, 2.24) is 5.32 Å². The molecule has 1 aliphatic rings. The van der Waals surface area contributed by atoms with E-state index in [0.717, 1.165) is 42.6 Å². The summed E-state index contributed by atoms with van der Waals surface area (Å²) in [6, 6.07) is 5.41. The summed E-state index contributed by atoms with van der Waals surface area (Å²) in [5.74, 6) is 0.316. The molecule has 0 amide bonds. The van der Waals surface area contributed by atoms with Crippen molar-refractivity contribution in [3.05, 3.63) is 34.1 Å². The summed E-state index contributed by atoms with van der Waals surface area (Å²) in [6.45, 7) is 4.47. The molecule has 1 fully saturated rings. The van der Waals surface area contributed by atoms with Crippen molar-refractivity contribution in [1.29, 1.82) is 0 Å². The first-order chi connectivity index (χ1) is 8.72. The van der Waals surface area contributed by atoms with E-state index in [9.17, 15) is 4.39 Å². The van der Waals surface area contributed by atoms with Crippen LogP contribution in [0.4, 0.5) is 4.39 Å². The molecule has 1 heterocycles. The van der Waals surface area contributed by atoms with Gasteiger partial charge in [-0.2, -0.15) is 0 Å². The minimum Gasteiger partial charge on any atom is -0.381 e. The SMILES string of the molecule is CCNC(c1ccc(Br)cc1F)C1CCOCC1. The average molecular weight is 316 g/mol. The molecule has 2 nitrogen and oxygen atoms in total. The molecule has 2 rings (SSSR count). The first-order valence-electron chi connectivity index (χ1n) is 6.48. The fraction of sp³-hybridized carbons (Fsp3) is 0.571. The second-order valence-electron chi connectivity index (χ2n) is 4.65. The summed E-state index contributed by atoms with van der Waals surface area (Å²) < 4.78 is 20.2. The van der Waals surface area contributed by atoms with Gasteiger partial charge in [0.05, 0.1) is 0 Å². The molecule has 0 aliphatic carbocycles. The maximum Gasteiger partial charge on any atom is 0.129 e. The molecule has 18 heavy (non-hydrogen) atoms. The van der Waals surface area contributed by atoms with Crippen LogP contribution in [0.5, 0.6) is 0 Å². The first-order valence-corrected chi connectivity index (χ1v) is 7.27. The van der Waals surface area contributed by atoms with Gasteiger partial charge >= 0.3 is 0 Å². The van der Waals surface area contributed by atoms with E-state index in [-0.39, 0.29) is 11.9 Å². The highest BCUT2D eigenvalue weighted by Crippen LogP contribution is 2.32. The van der Waals surface area contributed by atoms with Gasteiger partial charge in [-0.3, -0.25) is 0 Å². The number of hydrogen-bond acceptors (Lipinski definition) is 2. The van der Waals surface area contributed by atoms with Crippen molar-refractivity contribution in [2.75, 3.05) is 19.8 Å². The van der Waals surface area contributed by atoms with Gasteiger partial charge in [-0.1, -0.05) is 28.9 Å². The summed E-state index contributed by atoms with van der Waals surface area (Å²) in [6.07, 6.45) is 1.99. The van der Waals surface area contributed by atoms with Crippen LogP contribution in [0.15, 0.2) is 22.7 Å². The van der Waals surface area contributed by atoms with E-state index in [4.69, 9.17) is 4.74 Å². The van der Waals surface area contributed by atoms with Crippen LogP contribution in [-0.2, 0) is 4.74 Å². The van der Waals surface area contributed by atoms with Crippen LogP contribution in [-0.4, -0.2) is 19.8 Å². The molecular formula is C14H19BrFNO. The average Bonchev–Trinajstić information content (AvgIpc) is 2.38. The van der Waals surface area contributed by atoms with Crippen molar-refractivity contribution in [3.8, 4) is 0 Å². The summed E-state index contributed by atoms with van der Waals surface area (Å²) in [4.78, 5) is 0. The third-order valence-electron chi connectivity index (χ3n) is 3.46. The molecule has 1 aliphatic heterocycles. The molecule has 1 saturated heterocycles. The lowest BCUT2D eigenvalue weighted by molar-refractivity contribution is 0.0533. The Labute approximate surface area is 116 Å². The largest absolute Gasteiger partial charge is 0.381 e. The minimum atomic E-state index is -0.137. The Morgan fingerprint density at radius 3 is 2.78 bits per heavy atom. The lowest BCUT2D eigenvalue weighted by Crippen LogP contribution is -2.32. The van der Waals surface area contributed by atoms with E-state index in [1.165, 1.54) is 0 Å². The molecular weight excluding hydrogens is 297 g/mol. The van der Waals surface area contributed by atoms with Gasteiger partial charge in [-0.15, -0.1) is 0 Å². The molecule has 1 unspecified atom stereocenters. The molecule has 1 N–H and O–H groups in total. The number of nitrogens with one attached hydrogen (secondary N) is 1. The Morgan fingerprint density at radius 2 is 2.17 bits per heavy atom. The maximum atomic E-state index is 14.1. The second-order valence-corrected chi connectivity index (χ2v) is 5.57. The number of ether oxygens (including phenoxy) is 1. The van der Waals surface area contributed by atoms with Crippen LogP contribution >= 0.6 is 15.9 Å². The van der Waals surface area contributed by atoms with Crippen LogP contribution in [0.3, 0.4) is 0 Å². The summed E-state index contributed by atoms with van der Waals surface area (Å²) in [5.41, 5.74) is 0.770. The molecule has 100 valence electrons. The fourth-order valence-corrected chi connectivity index (χ4v) is 2.89. The molecule has 0 spiro atoms. The Hall–Kier alpha value is -0.450. The topological polar surface area (TPSA) is 21.3 Å². The molecule has 0 saturated carbocycles. The molecule has 0 aromatic heterocycles. The number of benzene rings is 1. The van der Waals surface area contributed by atoms with Gasteiger partial charge in [0.15, 0.2) is 0 Å². The highest BCUT2D eigenvalue weighted by molar-refractivity contribution is 9.10. The number of hydrogen-bond donors (Lipinski definition) is 1. The lowest BCUT2D eigenvalue weighted by atomic mass is 9.87. The monoisotopic (exact) mass is 315 g/mol. The maximum absolute atomic E-state index is 14.1. The molecule has 0 bridgehead atoms. The van der Waals surface area contributed by atoms with Gasteiger partial charge in [-0.05, 0) is 37.4 Å². The number of halogens is 2. The zero-order chi connectivity index (χ0) is 13.0. The van der Waals surface area contributed by atoms with E-state index in [1.807, 2.05) is 12.1 Å². The third kappa shape index (κ3) is 3.31. The van der Waals surface area contributed by atoms with Gasteiger partial charge in [-0.25, -0.2) is 4.39 Å². The van der Waals surface area contributed by atoms with E-state index in [2.05, 4.69) is 28.2 Å². The van der Waals surface area contributed by atoms with Crippen molar-refractivity contribution < 1.29 is 9.13 Å². The Balaban J connectivity index is 2.22. The van der Waals surface area contributed by atoms with E-state index >= 15 is 0 Å². The predicted molar refractivity (Wildman–Crippen MR) is 74.1 cm³/mol. The van der Waals surface area contributed by atoms with Crippen LogP contribution in [0.2, 0.25) is 0 Å². The quantitative estimate of drug-likeness (QED) is 0.915. The van der Waals surface area contributed by atoms with Crippen LogP contribution in [0.25, 0.3) is 0 Å². The fourth-order valence-electron chi connectivity index (χ4n) is 2.55. The Morgan fingerprint density at radius 1 is 1.44 bits per heavy atom. The zero-order valence-corrected chi connectivity index (χ0v) is 12.2. The van der Waals surface area contributed by atoms with Crippen molar-refractivity contribution >= 4 is 15.9 Å². The molecule has 0 radical (unpaired) electrons. The highest BCUT2D eigenvalue weighted by Gasteiger charge is 2.26. The van der Waals surface area contributed by atoms with E-state index < -0.39 is 0 Å². The molecule has 1 aromatic carbocycles. The third-order valence-corrected chi connectivity index (χ3v) is 3.95. The molecule has 4 heteroatoms. The zero-order valence-electron chi connectivity index (χ0n) is 10.6. The Kier molecular flexibility index (Phi) is 5.15. The van der Waals surface area contributed by atoms with Crippen molar-refractivity contribution in [3.63, 3.8) is 0 Å². The van der Waals surface area contributed by atoms with Gasteiger partial charge in [0.2, 0.25) is 0 Å². The van der Waals surface area contributed by atoms with Crippen LogP contribution in [0.1, 0.15) is 31.4 Å². The summed E-state index contributed by atoms with van der Waals surface area (Å²) in [5, 5.41) is 3.42. The van der Waals surface area contributed by atoms with Gasteiger partial charge in [0.25, 0.3) is 0 Å². The van der Waals surface area contributed by atoms with E-state index in [1.54, 1.807) is 6.07 Å². The predicted octanol–water partition coefficient (Wildman–Crippen LogP) is 3.67. The second kappa shape index (κ2) is 6.64. The van der Waals surface area contributed by atoms with Gasteiger partial charge in [0.1, 0.15) is 5.82 Å². The van der Waals surface area contributed by atoms with Crippen molar-refractivity contribution in [2.24, 2.45) is 5.92 Å². The Bertz CT molecular complexity index is 393. The normalized spacial score (nSPS) is 18.8. The van der Waals surface area contributed by atoms with Crippen LogP contribution < -0.4 is 5.32 Å². The van der Waals surface area contributed by atoms with Crippen molar-refractivity contribution in [2.45, 2.75) is 25.8 Å². The first kappa shape index (κ1) is 14.0. The lowest BCUT2D eigenvalue weighted by Gasteiger charge is -2.31. The number of rotatable bonds is 4. The van der Waals surface area contributed by atoms with Crippen LogP contribution in [0, 0.1) is 11.7 Å². The standard InChI is InChI=1S/C14H19BrFNO/c1-2-17-14(10-5-7-18-8-6-10)12-4-3-11(15)9-13(12)16/h3-4,9-10,14,17H,2,5-8H2,1H3. The molecule has 1 atom stereocenters. The van der Waals surface area contributed by atoms with Gasteiger partial charge in [0, 0.05) is 29.3 Å². The summed E-state index contributed by atoms with van der Waals surface area (Å²) in [7, 11) is 0. The summed E-state index contributed by atoms with van der Waals surface area (Å²) >= 11 is 3.30. The minimum absolute atomic E-state index is 0.0898. The molecule has 1 aromatic rings.